The van der Waals surface area contributed by atoms with Crippen LogP contribution in [0.15, 0.2) is 12.1 Å². The fraction of sp³-hybridized carbons (Fsp3) is 0.615. The molecule has 0 saturated heterocycles. The lowest BCUT2D eigenvalue weighted by Crippen LogP contribution is -2.39. The molecule has 0 bridgehead atoms. The monoisotopic (exact) mass is 248 g/mol. The molecule has 1 fully saturated rings. The molecule has 5 heteroatoms. The molecule has 1 aliphatic rings. The van der Waals surface area contributed by atoms with Crippen LogP contribution in [0.25, 0.3) is 0 Å². The Hall–Kier alpha value is -1.65. The van der Waals surface area contributed by atoms with Gasteiger partial charge < -0.3 is 11.1 Å². The molecule has 1 aromatic rings. The molecule has 0 spiro atoms. The van der Waals surface area contributed by atoms with Crippen LogP contribution in [-0.2, 0) is 0 Å². The van der Waals surface area contributed by atoms with E-state index in [2.05, 4.69) is 22.4 Å². The number of hydrogen-bond donors (Lipinski definition) is 2. The van der Waals surface area contributed by atoms with Gasteiger partial charge in [0.05, 0.1) is 0 Å². The highest BCUT2D eigenvalue weighted by Crippen LogP contribution is 2.26. The zero-order valence-corrected chi connectivity index (χ0v) is 10.7. The van der Waals surface area contributed by atoms with E-state index in [1.54, 1.807) is 12.1 Å². The number of amides is 1. The minimum atomic E-state index is -0.166. The lowest BCUT2D eigenvalue weighted by molar-refractivity contribution is 0.0913. The number of aromatic nitrogens is 2. The zero-order valence-electron chi connectivity index (χ0n) is 10.7. The highest BCUT2D eigenvalue weighted by molar-refractivity contribution is 5.92. The van der Waals surface area contributed by atoms with Crippen LogP contribution in [0.4, 0.5) is 5.82 Å². The Morgan fingerprint density at radius 1 is 1.33 bits per heavy atom. The van der Waals surface area contributed by atoms with Crippen molar-refractivity contribution in [2.75, 3.05) is 5.73 Å². The number of carbonyl (C=O) groups excluding carboxylic acids is 1. The Bertz CT molecular complexity index is 398. The summed E-state index contributed by atoms with van der Waals surface area (Å²) in [5.74, 6) is 0.747. The molecule has 0 radical (unpaired) electrons. The summed E-state index contributed by atoms with van der Waals surface area (Å²) in [5, 5.41) is 10.5. The fourth-order valence-corrected chi connectivity index (χ4v) is 2.50. The molecular formula is C13H20N4O. The van der Waals surface area contributed by atoms with Crippen molar-refractivity contribution in [3.05, 3.63) is 17.8 Å². The van der Waals surface area contributed by atoms with Gasteiger partial charge in [0, 0.05) is 6.04 Å². The van der Waals surface area contributed by atoms with Gasteiger partial charge in [-0.25, -0.2) is 0 Å². The maximum Gasteiger partial charge on any atom is 0.272 e. The molecule has 1 amide bonds. The molecule has 1 aromatic heterocycles. The van der Waals surface area contributed by atoms with Gasteiger partial charge in [0.25, 0.3) is 5.91 Å². The van der Waals surface area contributed by atoms with E-state index in [1.807, 2.05) is 0 Å². The summed E-state index contributed by atoms with van der Waals surface area (Å²) >= 11 is 0. The zero-order chi connectivity index (χ0) is 13.0. The summed E-state index contributed by atoms with van der Waals surface area (Å²) in [6.07, 6.45) is 6.27. The van der Waals surface area contributed by atoms with Crippen molar-refractivity contribution in [3.63, 3.8) is 0 Å². The minimum Gasteiger partial charge on any atom is -0.382 e. The van der Waals surface area contributed by atoms with Gasteiger partial charge in [-0.1, -0.05) is 19.3 Å². The van der Waals surface area contributed by atoms with Gasteiger partial charge in [0.1, 0.15) is 5.82 Å². The van der Waals surface area contributed by atoms with Gasteiger partial charge in [-0.3, -0.25) is 4.79 Å². The predicted molar refractivity (Wildman–Crippen MR) is 69.9 cm³/mol. The largest absolute Gasteiger partial charge is 0.382 e. The molecule has 1 unspecified atom stereocenters. The third kappa shape index (κ3) is 3.18. The van der Waals surface area contributed by atoms with Crippen molar-refractivity contribution >= 4 is 11.7 Å². The van der Waals surface area contributed by atoms with E-state index in [9.17, 15) is 4.79 Å². The highest BCUT2D eigenvalue weighted by Gasteiger charge is 2.22. The van der Waals surface area contributed by atoms with Crippen LogP contribution >= 0.6 is 0 Å². The first-order valence-corrected chi connectivity index (χ1v) is 6.57. The van der Waals surface area contributed by atoms with Crippen molar-refractivity contribution in [1.29, 1.82) is 0 Å². The molecule has 1 heterocycles. The number of nitrogen functional groups attached to an aromatic ring is 1. The summed E-state index contributed by atoms with van der Waals surface area (Å²) in [7, 11) is 0. The first-order valence-electron chi connectivity index (χ1n) is 6.57. The standard InChI is InChI=1S/C13H20N4O/c1-9(10-5-3-2-4-6-10)15-13(18)11-7-8-12(14)17-16-11/h7-10H,2-6H2,1H3,(H2,14,17)(H,15,18). The average molecular weight is 248 g/mol. The first kappa shape index (κ1) is 12.8. The molecule has 1 aliphatic carbocycles. The summed E-state index contributed by atoms with van der Waals surface area (Å²) < 4.78 is 0. The minimum absolute atomic E-state index is 0.166. The Morgan fingerprint density at radius 2 is 2.06 bits per heavy atom. The second-order valence-corrected chi connectivity index (χ2v) is 5.00. The number of rotatable bonds is 3. The fourth-order valence-electron chi connectivity index (χ4n) is 2.50. The van der Waals surface area contributed by atoms with Crippen molar-refractivity contribution in [1.82, 2.24) is 15.5 Å². The van der Waals surface area contributed by atoms with Gasteiger partial charge in [-0.2, -0.15) is 0 Å². The van der Waals surface area contributed by atoms with E-state index in [0.717, 1.165) is 0 Å². The normalized spacial score (nSPS) is 18.3. The van der Waals surface area contributed by atoms with Crippen LogP contribution in [0.2, 0.25) is 0 Å². The van der Waals surface area contributed by atoms with Crippen molar-refractivity contribution in [2.45, 2.75) is 45.1 Å². The second kappa shape index (κ2) is 5.80. The van der Waals surface area contributed by atoms with E-state index in [-0.39, 0.29) is 11.9 Å². The molecule has 18 heavy (non-hydrogen) atoms. The van der Waals surface area contributed by atoms with E-state index in [0.29, 0.717) is 17.4 Å². The van der Waals surface area contributed by atoms with Crippen LogP contribution in [0, 0.1) is 5.92 Å². The van der Waals surface area contributed by atoms with Crippen LogP contribution in [0.5, 0.6) is 0 Å². The number of nitrogens with one attached hydrogen (secondary N) is 1. The maximum absolute atomic E-state index is 12.0. The van der Waals surface area contributed by atoms with Crippen LogP contribution in [0.3, 0.4) is 0 Å². The van der Waals surface area contributed by atoms with Gasteiger partial charge >= 0.3 is 0 Å². The Kier molecular flexibility index (Phi) is 4.12. The topological polar surface area (TPSA) is 80.9 Å². The lowest BCUT2D eigenvalue weighted by Gasteiger charge is -2.28. The van der Waals surface area contributed by atoms with Gasteiger partial charge in [0.2, 0.25) is 0 Å². The van der Waals surface area contributed by atoms with Gasteiger partial charge in [-0.15, -0.1) is 10.2 Å². The number of hydrogen-bond acceptors (Lipinski definition) is 4. The highest BCUT2D eigenvalue weighted by atomic mass is 16.2. The summed E-state index contributed by atoms with van der Waals surface area (Å²) in [6, 6.07) is 3.38. The molecule has 0 aromatic carbocycles. The predicted octanol–water partition coefficient (Wildman–Crippen LogP) is 1.76. The SMILES string of the molecule is CC(NC(=O)c1ccc(N)nn1)C1CCCCC1. The molecule has 5 nitrogen and oxygen atoms in total. The van der Waals surface area contributed by atoms with Crippen molar-refractivity contribution in [2.24, 2.45) is 5.92 Å². The lowest BCUT2D eigenvalue weighted by atomic mass is 9.84. The number of anilines is 1. The Morgan fingerprint density at radius 3 is 2.67 bits per heavy atom. The molecule has 1 saturated carbocycles. The maximum atomic E-state index is 12.0. The van der Waals surface area contributed by atoms with Crippen molar-refractivity contribution < 1.29 is 4.79 Å². The van der Waals surface area contributed by atoms with Crippen molar-refractivity contribution in [3.8, 4) is 0 Å². The van der Waals surface area contributed by atoms with Crippen LogP contribution in [0.1, 0.15) is 49.5 Å². The summed E-state index contributed by atoms with van der Waals surface area (Å²) in [4.78, 5) is 12.0. The molecule has 98 valence electrons. The first-order chi connectivity index (χ1) is 8.66. The summed E-state index contributed by atoms with van der Waals surface area (Å²) in [6.45, 7) is 2.07. The van der Waals surface area contributed by atoms with Gasteiger partial charge in [-0.05, 0) is 37.8 Å². The van der Waals surface area contributed by atoms with E-state index in [4.69, 9.17) is 5.73 Å². The summed E-state index contributed by atoms with van der Waals surface area (Å²) in [5.41, 5.74) is 5.77. The van der Waals surface area contributed by atoms with Crippen LogP contribution in [-0.4, -0.2) is 22.1 Å². The number of nitrogens with zero attached hydrogens (tertiary/aromatic N) is 2. The Labute approximate surface area is 107 Å². The van der Waals surface area contributed by atoms with Gasteiger partial charge in [0.15, 0.2) is 5.69 Å². The average Bonchev–Trinajstić information content (AvgIpc) is 2.40. The second-order valence-electron chi connectivity index (χ2n) is 5.00. The molecule has 1 atom stereocenters. The molecular weight excluding hydrogens is 228 g/mol. The van der Waals surface area contributed by atoms with E-state index >= 15 is 0 Å². The van der Waals surface area contributed by atoms with E-state index < -0.39 is 0 Å². The van der Waals surface area contributed by atoms with Crippen LogP contribution < -0.4 is 11.1 Å². The smallest absolute Gasteiger partial charge is 0.272 e. The molecule has 0 aliphatic heterocycles. The quantitative estimate of drug-likeness (QED) is 0.854. The third-order valence-corrected chi connectivity index (χ3v) is 3.63. The number of carbonyl (C=O) groups is 1. The third-order valence-electron chi connectivity index (χ3n) is 3.63. The molecule has 3 N–H and O–H groups in total. The van der Waals surface area contributed by atoms with E-state index in [1.165, 1.54) is 32.1 Å². The number of nitrogens with two attached hydrogens (primary N) is 1. The molecule has 2 rings (SSSR count). The Balaban J connectivity index is 1.91.